The van der Waals surface area contributed by atoms with Gasteiger partial charge in [0.2, 0.25) is 5.82 Å². The highest BCUT2D eigenvalue weighted by Crippen LogP contribution is 2.17. The summed E-state index contributed by atoms with van der Waals surface area (Å²) >= 11 is 0. The predicted molar refractivity (Wildman–Crippen MR) is 82.3 cm³/mol. The number of aliphatic hydroxyl groups is 1. The van der Waals surface area contributed by atoms with Crippen molar-refractivity contribution in [3.8, 4) is 0 Å². The zero-order chi connectivity index (χ0) is 15.5. The summed E-state index contributed by atoms with van der Waals surface area (Å²) in [6.07, 6.45) is 6.51. The largest absolute Gasteiger partial charge is 0.473 e. The summed E-state index contributed by atoms with van der Waals surface area (Å²) in [5, 5.41) is 16.5. The summed E-state index contributed by atoms with van der Waals surface area (Å²) in [4.78, 5) is 0. The number of benzene rings is 1. The fourth-order valence-electron chi connectivity index (χ4n) is 2.42. The molecule has 6 heteroatoms. The average molecular weight is 302 g/mol. The van der Waals surface area contributed by atoms with Gasteiger partial charge in [-0.05, 0) is 36.1 Å². The van der Waals surface area contributed by atoms with Crippen LogP contribution in [0.3, 0.4) is 0 Å². The van der Waals surface area contributed by atoms with Gasteiger partial charge in [-0.3, -0.25) is 5.43 Å². The molecule has 4 N–H and O–H groups in total. The third-order valence-corrected chi connectivity index (χ3v) is 3.74. The second kappa shape index (κ2) is 6.21. The van der Waals surface area contributed by atoms with Crippen LogP contribution in [0.15, 0.2) is 54.3 Å². The number of rotatable bonds is 5. The van der Waals surface area contributed by atoms with Crippen molar-refractivity contribution in [1.29, 1.82) is 0 Å². The van der Waals surface area contributed by atoms with Crippen molar-refractivity contribution in [2.75, 3.05) is 6.61 Å². The summed E-state index contributed by atoms with van der Waals surface area (Å²) in [6.45, 7) is 2.07. The minimum atomic E-state index is -0.257. The van der Waals surface area contributed by atoms with Crippen molar-refractivity contribution in [3.05, 3.63) is 71.1 Å². The van der Waals surface area contributed by atoms with Gasteiger partial charge in [-0.15, -0.1) is 0 Å². The van der Waals surface area contributed by atoms with E-state index in [4.69, 9.17) is 0 Å². The van der Waals surface area contributed by atoms with Gasteiger partial charge in [0.05, 0.1) is 6.20 Å². The number of fused-ring (bicyclic) bond motifs is 1. The summed E-state index contributed by atoms with van der Waals surface area (Å²) in [6, 6.07) is 6.34. The van der Waals surface area contributed by atoms with Gasteiger partial charge in [0.25, 0.3) is 0 Å². The lowest BCUT2D eigenvalue weighted by atomic mass is 10.1. The summed E-state index contributed by atoms with van der Waals surface area (Å²) in [7, 11) is 0. The van der Waals surface area contributed by atoms with Gasteiger partial charge in [0.1, 0.15) is 5.82 Å². The topological polar surface area (TPSA) is 62.8 Å². The predicted octanol–water partition coefficient (Wildman–Crippen LogP) is 0.958. The maximum atomic E-state index is 13.1. The van der Waals surface area contributed by atoms with E-state index in [1.54, 1.807) is 12.1 Å². The lowest BCUT2D eigenvalue weighted by molar-refractivity contribution is -0.736. The van der Waals surface area contributed by atoms with Gasteiger partial charge in [-0.2, -0.15) is 0 Å². The minimum absolute atomic E-state index is 0.0156. The van der Waals surface area contributed by atoms with Crippen molar-refractivity contribution in [2.45, 2.75) is 19.4 Å². The van der Waals surface area contributed by atoms with E-state index in [0.717, 1.165) is 34.3 Å². The van der Waals surface area contributed by atoms with E-state index < -0.39 is 0 Å². The lowest BCUT2D eigenvalue weighted by Crippen LogP contribution is -3.03. The van der Waals surface area contributed by atoms with E-state index in [0.29, 0.717) is 0 Å². The fraction of sp³-hybridized carbons (Fsp3) is 0.250. The van der Waals surface area contributed by atoms with Gasteiger partial charge in [0.15, 0.2) is 5.70 Å². The molecule has 0 radical (unpaired) electrons. The number of quaternary nitrogens is 1. The van der Waals surface area contributed by atoms with Crippen molar-refractivity contribution in [1.82, 2.24) is 10.6 Å². The normalized spacial score (nSPS) is 20.9. The molecule has 0 saturated heterocycles. The zero-order valence-corrected chi connectivity index (χ0v) is 12.3. The molecule has 0 fully saturated rings. The Balaban J connectivity index is 1.76. The first-order valence-electron chi connectivity index (χ1n) is 7.32. The van der Waals surface area contributed by atoms with Crippen molar-refractivity contribution in [2.24, 2.45) is 0 Å². The molecular formula is C16H19FN4O. The Labute approximate surface area is 128 Å². The van der Waals surface area contributed by atoms with Crippen molar-refractivity contribution >= 4 is 5.70 Å². The van der Waals surface area contributed by atoms with Crippen LogP contribution >= 0.6 is 0 Å². The van der Waals surface area contributed by atoms with Crippen LogP contribution in [0, 0.1) is 5.82 Å². The minimum Gasteiger partial charge on any atom is -0.473 e. The SMILES string of the molecule is CCC(CO)NC1=CC=C2NC=C(c3ccc(F)cc3)[NH+]2[N-]1. The zero-order valence-electron chi connectivity index (χ0n) is 12.3. The molecule has 2 heterocycles. The fourth-order valence-corrected chi connectivity index (χ4v) is 2.42. The van der Waals surface area contributed by atoms with Gasteiger partial charge >= 0.3 is 0 Å². The van der Waals surface area contributed by atoms with Crippen LogP contribution in [0.25, 0.3) is 11.1 Å². The molecule has 22 heavy (non-hydrogen) atoms. The Kier molecular flexibility index (Phi) is 4.13. The summed E-state index contributed by atoms with van der Waals surface area (Å²) < 4.78 is 13.1. The van der Waals surface area contributed by atoms with E-state index in [1.807, 2.05) is 25.3 Å². The van der Waals surface area contributed by atoms with Crippen molar-refractivity contribution < 1.29 is 14.5 Å². The molecule has 2 aliphatic heterocycles. The number of nitrogens with one attached hydrogen (secondary N) is 3. The standard InChI is InChI=1S/C16H19FN4O/c1-2-13(10-22)19-15-7-8-16-18-9-14(21(16)20-15)11-3-5-12(17)6-4-11/h3-9,13,18-19,21-22H,2,10H2,1H3. The van der Waals surface area contributed by atoms with Crippen LogP contribution in [-0.4, -0.2) is 17.8 Å². The molecule has 0 amide bonds. The number of hydrogen-bond donors (Lipinski definition) is 4. The second-order valence-electron chi connectivity index (χ2n) is 5.23. The number of nitrogens with zero attached hydrogens (tertiary/aromatic N) is 1. The first kappa shape index (κ1) is 14.6. The molecule has 0 saturated carbocycles. The van der Waals surface area contributed by atoms with Crippen LogP contribution in [-0.2, 0) is 0 Å². The Morgan fingerprint density at radius 3 is 2.77 bits per heavy atom. The third-order valence-electron chi connectivity index (χ3n) is 3.74. The number of hydrogen-bond acceptors (Lipinski definition) is 3. The van der Waals surface area contributed by atoms with E-state index in [1.165, 1.54) is 12.1 Å². The van der Waals surface area contributed by atoms with Crippen LogP contribution in [0.5, 0.6) is 0 Å². The lowest BCUT2D eigenvalue weighted by Gasteiger charge is -2.32. The quantitative estimate of drug-likeness (QED) is 0.655. The molecular weight excluding hydrogens is 283 g/mol. The van der Waals surface area contributed by atoms with Crippen LogP contribution in [0.2, 0.25) is 0 Å². The molecule has 0 aromatic heterocycles. The molecule has 2 atom stereocenters. The molecule has 2 aliphatic rings. The highest BCUT2D eigenvalue weighted by atomic mass is 19.1. The first-order chi connectivity index (χ1) is 10.7. The average Bonchev–Trinajstić information content (AvgIpc) is 2.96. The molecule has 0 aliphatic carbocycles. The molecule has 0 spiro atoms. The Morgan fingerprint density at radius 1 is 1.32 bits per heavy atom. The van der Waals surface area contributed by atoms with E-state index in [-0.39, 0.29) is 18.5 Å². The number of allylic oxidation sites excluding steroid dienone is 2. The number of halogens is 1. The van der Waals surface area contributed by atoms with Gasteiger partial charge in [-0.1, -0.05) is 19.4 Å². The number of aliphatic hydroxyl groups excluding tert-OH is 1. The third kappa shape index (κ3) is 2.84. The summed E-state index contributed by atoms with van der Waals surface area (Å²) in [5.41, 5.74) is 6.46. The second-order valence-corrected chi connectivity index (χ2v) is 5.23. The molecule has 1 aromatic carbocycles. The van der Waals surface area contributed by atoms with Crippen LogP contribution < -0.4 is 15.6 Å². The maximum Gasteiger partial charge on any atom is 0.219 e. The molecule has 116 valence electrons. The molecule has 5 nitrogen and oxygen atoms in total. The van der Waals surface area contributed by atoms with E-state index >= 15 is 0 Å². The van der Waals surface area contributed by atoms with E-state index in [2.05, 4.69) is 16.1 Å². The monoisotopic (exact) mass is 302 g/mol. The van der Waals surface area contributed by atoms with Crippen molar-refractivity contribution in [3.63, 3.8) is 0 Å². The highest BCUT2D eigenvalue weighted by Gasteiger charge is 2.28. The molecule has 3 rings (SSSR count). The van der Waals surface area contributed by atoms with Gasteiger partial charge in [0, 0.05) is 18.2 Å². The van der Waals surface area contributed by atoms with Gasteiger partial charge in [-0.25, -0.2) is 9.40 Å². The Morgan fingerprint density at radius 2 is 2.09 bits per heavy atom. The summed E-state index contributed by atoms with van der Waals surface area (Å²) in [5.74, 6) is 1.38. The maximum absolute atomic E-state index is 13.1. The molecule has 1 aromatic rings. The first-order valence-corrected chi connectivity index (χ1v) is 7.32. The van der Waals surface area contributed by atoms with Gasteiger partial charge < -0.3 is 15.7 Å². The van der Waals surface area contributed by atoms with E-state index in [9.17, 15) is 9.50 Å². The Bertz CT molecular complexity index is 632. The highest BCUT2D eigenvalue weighted by molar-refractivity contribution is 5.61. The smallest absolute Gasteiger partial charge is 0.219 e. The molecule has 2 unspecified atom stereocenters. The Hall–Kier alpha value is -2.31. The van der Waals surface area contributed by atoms with Crippen LogP contribution in [0.4, 0.5) is 4.39 Å². The van der Waals surface area contributed by atoms with Crippen LogP contribution in [0.1, 0.15) is 18.9 Å². The molecule has 0 bridgehead atoms.